The molecule has 232 valence electrons. The monoisotopic (exact) mass is 615 g/mol. The normalized spacial score (nSPS) is 17.7. The van der Waals surface area contributed by atoms with Crippen molar-refractivity contribution in [1.82, 2.24) is 15.0 Å². The van der Waals surface area contributed by atoms with Crippen LogP contribution in [-0.2, 0) is 10.0 Å². The highest BCUT2D eigenvalue weighted by molar-refractivity contribution is 7.92. The number of aryl methyl sites for hydroxylation is 2. The highest BCUT2D eigenvalue weighted by atomic mass is 32.2. The summed E-state index contributed by atoms with van der Waals surface area (Å²) in [6.45, 7) is 7.17. The minimum absolute atomic E-state index is 0.0185. The predicted molar refractivity (Wildman–Crippen MR) is 159 cm³/mol. The van der Waals surface area contributed by atoms with Crippen LogP contribution in [0.25, 0.3) is 0 Å². The zero-order valence-electron chi connectivity index (χ0n) is 24.9. The Labute approximate surface area is 250 Å². The molecule has 3 aromatic rings. The smallest absolute Gasteiger partial charge is 0.321 e. The van der Waals surface area contributed by atoms with Gasteiger partial charge in [-0.2, -0.15) is 0 Å². The molecule has 1 aliphatic heterocycles. The van der Waals surface area contributed by atoms with Gasteiger partial charge in [0.15, 0.2) is 5.76 Å². The van der Waals surface area contributed by atoms with Crippen LogP contribution in [0.2, 0.25) is 0 Å². The summed E-state index contributed by atoms with van der Waals surface area (Å²) in [6, 6.07) is 9.42. The number of methoxy groups -OCH3 is 1. The Balaban J connectivity index is 1.62. The van der Waals surface area contributed by atoms with Gasteiger partial charge in [0.1, 0.15) is 29.0 Å². The van der Waals surface area contributed by atoms with Crippen LogP contribution in [0.5, 0.6) is 11.5 Å². The van der Waals surface area contributed by atoms with Crippen LogP contribution in [-0.4, -0.2) is 86.4 Å². The molecule has 3 N–H and O–H groups in total. The van der Waals surface area contributed by atoms with Crippen molar-refractivity contribution in [2.24, 2.45) is 5.92 Å². The molecular formula is C29H37N5O8S. The van der Waals surface area contributed by atoms with Gasteiger partial charge < -0.3 is 34.2 Å². The van der Waals surface area contributed by atoms with Crippen LogP contribution in [0.4, 0.5) is 16.2 Å². The van der Waals surface area contributed by atoms with Gasteiger partial charge in [0.05, 0.1) is 36.8 Å². The van der Waals surface area contributed by atoms with Crippen molar-refractivity contribution < 1.29 is 37.1 Å². The Morgan fingerprint density at radius 3 is 2.53 bits per heavy atom. The quantitative estimate of drug-likeness (QED) is 0.327. The Kier molecular flexibility index (Phi) is 9.50. The summed E-state index contributed by atoms with van der Waals surface area (Å²) in [5, 5.41) is 16.6. The molecule has 1 aliphatic rings. The van der Waals surface area contributed by atoms with Gasteiger partial charge in [-0.15, -0.1) is 0 Å². The summed E-state index contributed by atoms with van der Waals surface area (Å²) in [6.07, 6.45) is -0.553. The zero-order chi connectivity index (χ0) is 31.5. The van der Waals surface area contributed by atoms with Crippen LogP contribution in [0.1, 0.15) is 35.7 Å². The van der Waals surface area contributed by atoms with Gasteiger partial charge in [0, 0.05) is 25.2 Å². The Hall–Kier alpha value is -4.30. The lowest BCUT2D eigenvalue weighted by Crippen LogP contribution is -2.50. The van der Waals surface area contributed by atoms with E-state index in [1.54, 1.807) is 27.8 Å². The average Bonchev–Trinajstić information content (AvgIpc) is 3.30. The Morgan fingerprint density at radius 1 is 1.23 bits per heavy atom. The van der Waals surface area contributed by atoms with Crippen molar-refractivity contribution in [2.75, 3.05) is 43.9 Å². The third kappa shape index (κ3) is 7.03. The van der Waals surface area contributed by atoms with Crippen LogP contribution in [0.3, 0.4) is 0 Å². The minimum atomic E-state index is -3.98. The molecule has 0 unspecified atom stereocenters. The van der Waals surface area contributed by atoms with E-state index in [4.69, 9.17) is 14.0 Å². The van der Waals surface area contributed by atoms with Crippen LogP contribution in [0, 0.1) is 19.8 Å². The molecule has 0 aliphatic carbocycles. The number of aliphatic hydroxyl groups excluding tert-OH is 1. The Morgan fingerprint density at radius 2 is 1.93 bits per heavy atom. The lowest BCUT2D eigenvalue weighted by Gasteiger charge is -2.38. The molecule has 0 bridgehead atoms. The van der Waals surface area contributed by atoms with E-state index in [2.05, 4.69) is 15.2 Å². The fourth-order valence-electron chi connectivity index (χ4n) is 4.69. The number of hydrogen-bond donors (Lipinski definition) is 3. The number of carbonyl (C=O) groups excluding carboxylic acids is 2. The number of urea groups is 1. The number of ether oxygens (including phenoxy) is 2. The number of benzene rings is 2. The number of rotatable bonds is 9. The number of aliphatic hydroxyl groups is 1. The number of likely N-dealkylation sites (N-methyl/N-ethyl adjacent to an activating group) is 1. The molecule has 1 aromatic heterocycles. The van der Waals surface area contributed by atoms with Crippen LogP contribution in [0.15, 0.2) is 51.9 Å². The topological polar surface area (TPSA) is 164 Å². The van der Waals surface area contributed by atoms with Crippen molar-refractivity contribution in [1.29, 1.82) is 0 Å². The molecule has 2 aromatic carbocycles. The second-order valence-corrected chi connectivity index (χ2v) is 12.3. The minimum Gasteiger partial charge on any atom is -0.497 e. The van der Waals surface area contributed by atoms with Crippen molar-refractivity contribution in [3.63, 3.8) is 0 Å². The molecule has 14 heteroatoms. The molecule has 0 saturated heterocycles. The highest BCUT2D eigenvalue weighted by Crippen LogP contribution is 2.32. The lowest BCUT2D eigenvalue weighted by atomic mass is 9.99. The summed E-state index contributed by atoms with van der Waals surface area (Å²) in [5.74, 6) is 0.556. The van der Waals surface area contributed by atoms with E-state index in [1.165, 1.54) is 59.4 Å². The van der Waals surface area contributed by atoms with Crippen molar-refractivity contribution in [3.8, 4) is 11.5 Å². The predicted octanol–water partition coefficient (Wildman–Crippen LogP) is 3.48. The molecule has 0 saturated carbocycles. The average molecular weight is 616 g/mol. The molecule has 3 amide bonds. The number of nitrogens with zero attached hydrogens (tertiary/aromatic N) is 3. The van der Waals surface area contributed by atoms with E-state index >= 15 is 0 Å². The first kappa shape index (κ1) is 31.6. The molecule has 0 spiro atoms. The third-order valence-electron chi connectivity index (χ3n) is 7.35. The number of amides is 3. The number of anilines is 2. The summed E-state index contributed by atoms with van der Waals surface area (Å²) < 4.78 is 45.2. The van der Waals surface area contributed by atoms with E-state index in [1.807, 2.05) is 6.92 Å². The first-order valence-corrected chi connectivity index (χ1v) is 15.2. The summed E-state index contributed by atoms with van der Waals surface area (Å²) in [7, 11) is -0.870. The summed E-state index contributed by atoms with van der Waals surface area (Å²) >= 11 is 0. The largest absolute Gasteiger partial charge is 0.497 e. The zero-order valence-corrected chi connectivity index (χ0v) is 25.8. The molecule has 2 heterocycles. The first-order chi connectivity index (χ1) is 20.3. The van der Waals surface area contributed by atoms with Gasteiger partial charge in [-0.3, -0.25) is 9.52 Å². The molecular weight excluding hydrogens is 578 g/mol. The first-order valence-electron chi connectivity index (χ1n) is 13.7. The number of carbonyl (C=O) groups is 2. The van der Waals surface area contributed by atoms with Crippen molar-refractivity contribution in [3.05, 3.63) is 59.5 Å². The Bertz CT molecular complexity index is 1550. The molecule has 4 rings (SSSR count). The van der Waals surface area contributed by atoms with E-state index in [0.29, 0.717) is 22.9 Å². The molecule has 43 heavy (non-hydrogen) atoms. The van der Waals surface area contributed by atoms with Gasteiger partial charge in [0.25, 0.3) is 15.9 Å². The number of sulfonamides is 1. The number of aromatic nitrogens is 1. The van der Waals surface area contributed by atoms with E-state index in [0.717, 1.165) is 0 Å². The second-order valence-electron chi connectivity index (χ2n) is 10.6. The van der Waals surface area contributed by atoms with Gasteiger partial charge in [0.2, 0.25) is 0 Å². The van der Waals surface area contributed by atoms with E-state index < -0.39 is 34.1 Å². The molecule has 0 fully saturated rings. The van der Waals surface area contributed by atoms with Gasteiger partial charge in [-0.1, -0.05) is 12.1 Å². The van der Waals surface area contributed by atoms with E-state index in [9.17, 15) is 23.1 Å². The molecule has 13 nitrogen and oxygen atoms in total. The van der Waals surface area contributed by atoms with Gasteiger partial charge in [-0.25, -0.2) is 13.2 Å². The maximum Gasteiger partial charge on any atom is 0.321 e. The number of nitrogens with one attached hydrogen (secondary N) is 2. The number of fused-ring (bicyclic) bond motifs is 1. The number of hydrogen-bond acceptors (Lipinski definition) is 9. The highest BCUT2D eigenvalue weighted by Gasteiger charge is 2.34. The van der Waals surface area contributed by atoms with Crippen molar-refractivity contribution >= 4 is 33.3 Å². The fourth-order valence-corrected chi connectivity index (χ4v) is 5.74. The lowest BCUT2D eigenvalue weighted by molar-refractivity contribution is 0.0371. The van der Waals surface area contributed by atoms with E-state index in [-0.39, 0.29) is 47.5 Å². The summed E-state index contributed by atoms with van der Waals surface area (Å²) in [5.41, 5.74) is 1.32. The second kappa shape index (κ2) is 12.9. The van der Waals surface area contributed by atoms with Crippen LogP contribution < -0.4 is 19.5 Å². The maximum absolute atomic E-state index is 13.7. The third-order valence-corrected chi connectivity index (χ3v) is 8.75. The van der Waals surface area contributed by atoms with Gasteiger partial charge in [-0.05, 0) is 63.2 Å². The molecule has 0 radical (unpaired) electrons. The standard InChI is InChI=1S/C29H37N5O8S/c1-17-14-34(18(2)16-35)28(36)24-13-21(32-43(38,39)23-10-8-22(40-6)9-11-23)7-12-25(24)41-26(17)15-33(5)29(37)30-27-19(3)31-42-20(27)4/h7-13,17-18,26,32,35H,14-16H2,1-6H3,(H,30,37)/t17-,18+,26+/m0/s1. The SMILES string of the molecule is COc1ccc(S(=O)(=O)Nc2ccc3c(c2)C(=O)N([C@H](C)CO)C[C@H](C)[C@@H](CN(C)C(=O)Nc2c(C)noc2C)O3)cc1. The maximum atomic E-state index is 13.7. The van der Waals surface area contributed by atoms with Crippen LogP contribution >= 0.6 is 0 Å². The van der Waals surface area contributed by atoms with Gasteiger partial charge >= 0.3 is 6.03 Å². The summed E-state index contributed by atoms with van der Waals surface area (Å²) in [4.78, 5) is 29.8. The fraction of sp³-hybridized carbons (Fsp3) is 0.414. The molecule has 3 atom stereocenters. The van der Waals surface area contributed by atoms with Crippen molar-refractivity contribution in [2.45, 2.75) is 44.7 Å².